The van der Waals surface area contributed by atoms with Crippen LogP contribution in [0.15, 0.2) is 11.5 Å². The van der Waals surface area contributed by atoms with Crippen molar-refractivity contribution >= 4 is 5.97 Å². The molecule has 0 unspecified atom stereocenters. The molecule has 0 aromatic rings. The first kappa shape index (κ1) is 14.8. The zero-order chi connectivity index (χ0) is 13.1. The molecule has 0 amide bonds. The zero-order valence-corrected chi connectivity index (χ0v) is 11.1. The molecular weight excluding hydrogens is 208 g/mol. The maximum atomic E-state index is 11.5. The molecule has 94 valence electrons. The molecule has 0 aliphatic heterocycles. The lowest BCUT2D eigenvalue weighted by atomic mass is 10.2. The Morgan fingerprint density at radius 3 is 1.62 bits per heavy atom. The van der Waals surface area contributed by atoms with E-state index >= 15 is 0 Å². The van der Waals surface area contributed by atoms with Crippen molar-refractivity contribution in [2.24, 2.45) is 0 Å². The Morgan fingerprint density at radius 2 is 1.31 bits per heavy atom. The van der Waals surface area contributed by atoms with Crippen molar-refractivity contribution in [1.82, 2.24) is 0 Å². The maximum absolute atomic E-state index is 11.5. The van der Waals surface area contributed by atoms with E-state index in [0.29, 0.717) is 0 Å². The lowest BCUT2D eigenvalue weighted by molar-refractivity contribution is -0.370. The Balaban J connectivity index is 4.70. The van der Waals surface area contributed by atoms with E-state index in [0.717, 1.165) is 0 Å². The van der Waals surface area contributed by atoms with E-state index in [9.17, 15) is 9.90 Å². The van der Waals surface area contributed by atoms with Gasteiger partial charge in [-0.15, -0.1) is 0 Å². The van der Waals surface area contributed by atoms with Crippen molar-refractivity contribution in [2.75, 3.05) is 0 Å². The van der Waals surface area contributed by atoms with Crippen LogP contribution in [0.2, 0.25) is 0 Å². The van der Waals surface area contributed by atoms with Crippen LogP contribution in [-0.4, -0.2) is 17.2 Å². The highest BCUT2D eigenvalue weighted by molar-refractivity contribution is 5.88. The third kappa shape index (κ3) is 6.32. The fourth-order valence-electron chi connectivity index (χ4n) is 0.793. The Bertz CT molecular complexity index is 289. The third-order valence-electron chi connectivity index (χ3n) is 1.41. The van der Waals surface area contributed by atoms with Crippen LogP contribution >= 0.6 is 0 Å². The van der Waals surface area contributed by atoms with E-state index in [1.807, 2.05) is 0 Å². The summed E-state index contributed by atoms with van der Waals surface area (Å²) in [6.45, 7) is 11.9. The first-order valence-corrected chi connectivity index (χ1v) is 5.22. The second-order valence-corrected chi connectivity index (χ2v) is 5.63. The van der Waals surface area contributed by atoms with Crippen LogP contribution in [0.4, 0.5) is 0 Å². The van der Waals surface area contributed by atoms with Gasteiger partial charge < -0.3 is 14.6 Å². The molecule has 0 aliphatic rings. The molecular formula is C12H21O4-. The predicted molar refractivity (Wildman–Crippen MR) is 59.4 cm³/mol. The smallest absolute Gasteiger partial charge is 0.336 e. The van der Waals surface area contributed by atoms with E-state index in [2.05, 4.69) is 0 Å². The van der Waals surface area contributed by atoms with Crippen LogP contribution in [0.25, 0.3) is 0 Å². The van der Waals surface area contributed by atoms with Crippen molar-refractivity contribution in [2.45, 2.75) is 59.7 Å². The molecule has 0 rings (SSSR count). The molecule has 0 aliphatic carbocycles. The Morgan fingerprint density at radius 1 is 0.938 bits per heavy atom. The van der Waals surface area contributed by atoms with Crippen molar-refractivity contribution < 1.29 is 19.4 Å². The fraction of sp³-hybridized carbons (Fsp3) is 0.750. The van der Waals surface area contributed by atoms with Gasteiger partial charge in [0.05, 0.1) is 11.5 Å². The van der Waals surface area contributed by atoms with Crippen LogP contribution in [0.1, 0.15) is 48.5 Å². The second-order valence-electron chi connectivity index (χ2n) is 5.63. The summed E-state index contributed by atoms with van der Waals surface area (Å²) in [5.41, 5.74) is -1.26. The number of carbonyl (C=O) groups excluding carboxylic acids is 1. The minimum absolute atomic E-state index is 0.0372. The summed E-state index contributed by atoms with van der Waals surface area (Å²) < 4.78 is 10.1. The Kier molecular flexibility index (Phi) is 4.41. The topological polar surface area (TPSA) is 58.6 Å². The molecule has 0 bridgehead atoms. The summed E-state index contributed by atoms with van der Waals surface area (Å²) in [5, 5.41) is 11.5. The molecule has 16 heavy (non-hydrogen) atoms. The highest BCUT2D eigenvalue weighted by atomic mass is 16.6. The lowest BCUT2D eigenvalue weighted by Gasteiger charge is -2.32. The highest BCUT2D eigenvalue weighted by Gasteiger charge is 2.19. The molecule has 4 heteroatoms. The van der Waals surface area contributed by atoms with E-state index < -0.39 is 23.1 Å². The van der Waals surface area contributed by atoms with Crippen molar-refractivity contribution in [1.29, 1.82) is 0 Å². The SMILES string of the molecule is C/C(C(=O)OC(C)(C)C)=C(/[O-])OC(C)(C)C. The number of hydrogen-bond acceptors (Lipinski definition) is 4. The molecule has 0 aromatic heterocycles. The molecule has 0 fully saturated rings. The molecule has 0 radical (unpaired) electrons. The van der Waals surface area contributed by atoms with E-state index in [1.165, 1.54) is 6.92 Å². The van der Waals surface area contributed by atoms with Crippen molar-refractivity contribution in [3.05, 3.63) is 11.5 Å². The molecule has 0 heterocycles. The number of ether oxygens (including phenoxy) is 2. The van der Waals surface area contributed by atoms with Gasteiger partial charge >= 0.3 is 5.97 Å². The van der Waals surface area contributed by atoms with Crippen molar-refractivity contribution in [3.8, 4) is 0 Å². The summed E-state index contributed by atoms with van der Waals surface area (Å²) in [4.78, 5) is 11.5. The summed E-state index contributed by atoms with van der Waals surface area (Å²) >= 11 is 0. The number of hydrogen-bond donors (Lipinski definition) is 0. The van der Waals surface area contributed by atoms with Gasteiger partial charge in [-0.3, -0.25) is 0 Å². The van der Waals surface area contributed by atoms with Gasteiger partial charge in [0.25, 0.3) is 0 Å². The largest absolute Gasteiger partial charge is 0.607 e. The number of rotatable bonds is 2. The van der Waals surface area contributed by atoms with Crippen LogP contribution in [0.5, 0.6) is 0 Å². The Hall–Kier alpha value is -1.19. The van der Waals surface area contributed by atoms with E-state index in [4.69, 9.17) is 9.47 Å². The molecule has 0 atom stereocenters. The molecule has 0 aromatic carbocycles. The zero-order valence-electron chi connectivity index (χ0n) is 11.1. The first-order chi connectivity index (χ1) is 6.92. The maximum Gasteiger partial charge on any atom is 0.336 e. The van der Waals surface area contributed by atoms with Crippen LogP contribution in [0, 0.1) is 0 Å². The van der Waals surface area contributed by atoms with E-state index in [1.54, 1.807) is 41.5 Å². The Labute approximate surface area is 97.2 Å². The third-order valence-corrected chi connectivity index (χ3v) is 1.41. The van der Waals surface area contributed by atoms with Crippen LogP contribution in [-0.2, 0) is 14.3 Å². The van der Waals surface area contributed by atoms with Gasteiger partial charge in [-0.25, -0.2) is 4.79 Å². The number of carbonyl (C=O) groups is 1. The van der Waals surface area contributed by atoms with Gasteiger partial charge in [-0.05, 0) is 27.7 Å². The standard InChI is InChI=1S/C12H22O4/c1-8(9(13)15-11(2,3)4)10(14)16-12(5,6)7/h13H,1-7H3/p-1/b9-8+. The van der Waals surface area contributed by atoms with Crippen molar-refractivity contribution in [3.63, 3.8) is 0 Å². The molecule has 4 nitrogen and oxygen atoms in total. The van der Waals surface area contributed by atoms with Gasteiger partial charge in [0.2, 0.25) is 0 Å². The summed E-state index contributed by atoms with van der Waals surface area (Å²) in [7, 11) is 0. The molecule has 0 saturated carbocycles. The van der Waals surface area contributed by atoms with Gasteiger partial charge in [-0.2, -0.15) is 0 Å². The minimum Gasteiger partial charge on any atom is -0.607 e. The van der Waals surface area contributed by atoms with Crippen LogP contribution in [0.3, 0.4) is 0 Å². The lowest BCUT2D eigenvalue weighted by Crippen LogP contribution is -2.29. The monoisotopic (exact) mass is 229 g/mol. The normalized spacial score (nSPS) is 14.2. The van der Waals surface area contributed by atoms with Gasteiger partial charge in [0.1, 0.15) is 5.60 Å². The quantitative estimate of drug-likeness (QED) is 0.411. The second kappa shape index (κ2) is 4.76. The first-order valence-electron chi connectivity index (χ1n) is 5.22. The highest BCUT2D eigenvalue weighted by Crippen LogP contribution is 2.16. The predicted octanol–water partition coefficient (Wildman–Crippen LogP) is 1.73. The average Bonchev–Trinajstić information content (AvgIpc) is 1.96. The van der Waals surface area contributed by atoms with Gasteiger partial charge in [0, 0.05) is 5.60 Å². The average molecular weight is 229 g/mol. The summed E-state index contributed by atoms with van der Waals surface area (Å²) in [6, 6.07) is 0. The molecule has 0 N–H and O–H groups in total. The fourth-order valence-corrected chi connectivity index (χ4v) is 0.793. The van der Waals surface area contributed by atoms with Gasteiger partial charge in [-0.1, -0.05) is 20.8 Å². The molecule has 0 saturated heterocycles. The van der Waals surface area contributed by atoms with Crippen LogP contribution < -0.4 is 5.11 Å². The van der Waals surface area contributed by atoms with Gasteiger partial charge in [0.15, 0.2) is 0 Å². The summed E-state index contributed by atoms with van der Waals surface area (Å²) in [6.07, 6.45) is 0. The minimum atomic E-state index is -0.637. The summed E-state index contributed by atoms with van der Waals surface area (Å²) in [5.74, 6) is -1.27. The number of esters is 1. The molecule has 0 spiro atoms. The van der Waals surface area contributed by atoms with E-state index in [-0.39, 0.29) is 5.57 Å².